The summed E-state index contributed by atoms with van der Waals surface area (Å²) in [5.41, 5.74) is 4.30. The predicted molar refractivity (Wildman–Crippen MR) is 85.1 cm³/mol. The van der Waals surface area contributed by atoms with E-state index >= 15 is 0 Å². The summed E-state index contributed by atoms with van der Waals surface area (Å²) in [5.74, 6) is 1.68. The maximum Gasteiger partial charge on any atom is 0.214 e. The summed E-state index contributed by atoms with van der Waals surface area (Å²) < 4.78 is 9.07. The van der Waals surface area contributed by atoms with Gasteiger partial charge in [-0.05, 0) is 43.8 Å². The lowest BCUT2D eigenvalue weighted by Gasteiger charge is -2.13. The number of nitrogens with zero attached hydrogens (tertiary/aromatic N) is 2. The molecule has 0 bridgehead atoms. The molecule has 0 radical (unpaired) electrons. The van der Waals surface area contributed by atoms with Gasteiger partial charge in [-0.25, -0.2) is 4.68 Å². The van der Waals surface area contributed by atoms with E-state index in [4.69, 9.17) is 17.0 Å². The zero-order valence-electron chi connectivity index (χ0n) is 11.4. The van der Waals surface area contributed by atoms with E-state index in [1.807, 2.05) is 25.1 Å². The molecule has 0 aliphatic rings. The van der Waals surface area contributed by atoms with Crippen molar-refractivity contribution < 1.29 is 4.74 Å². The lowest BCUT2D eigenvalue weighted by molar-refractivity contribution is 0.314. The second-order valence-electron chi connectivity index (χ2n) is 4.35. The second-order valence-corrected chi connectivity index (χ2v) is 5.65. The molecule has 2 rings (SSSR count). The highest BCUT2D eigenvalue weighted by Crippen LogP contribution is 2.23. The highest BCUT2D eigenvalue weighted by atomic mass is 79.9. The number of aryl methyl sites for hydroxylation is 1. The quantitative estimate of drug-likeness (QED) is 0.777. The number of halogens is 1. The minimum atomic E-state index is 0.550. The molecule has 2 N–H and O–H groups in total. The smallest absolute Gasteiger partial charge is 0.214 e. The van der Waals surface area contributed by atoms with Crippen LogP contribution >= 0.6 is 28.1 Å². The van der Waals surface area contributed by atoms with Crippen molar-refractivity contribution in [3.8, 4) is 5.75 Å². The highest BCUT2D eigenvalue weighted by molar-refractivity contribution is 9.10. The van der Waals surface area contributed by atoms with Crippen LogP contribution in [-0.2, 0) is 6.54 Å². The van der Waals surface area contributed by atoms with E-state index in [9.17, 15) is 0 Å². The molecule has 0 unspecified atom stereocenters. The summed E-state index contributed by atoms with van der Waals surface area (Å²) in [6.45, 7) is 5.28. The van der Waals surface area contributed by atoms with Crippen molar-refractivity contribution in [3.63, 3.8) is 0 Å². The van der Waals surface area contributed by atoms with Gasteiger partial charge in [-0.2, -0.15) is 5.10 Å². The summed E-state index contributed by atoms with van der Waals surface area (Å²) in [6.07, 6.45) is 0.981. The van der Waals surface area contributed by atoms with Crippen LogP contribution in [0.5, 0.6) is 5.75 Å². The van der Waals surface area contributed by atoms with Crippen molar-refractivity contribution in [2.24, 2.45) is 0 Å². The maximum absolute atomic E-state index is 5.75. The Morgan fingerprint density at radius 3 is 2.95 bits per heavy atom. The Bertz CT molecular complexity index is 638. The van der Waals surface area contributed by atoms with Gasteiger partial charge in [0.05, 0.1) is 13.2 Å². The molecule has 0 saturated heterocycles. The standard InChI is InChI=1S/C13H17BrN4OS/c1-3-6-19-12-5-4-11(14)7-10(12)8-15-18-9(2)16-17-13(18)20/h4-5,7,15H,3,6,8H2,1-2H3,(H,17,20). The fraction of sp³-hybridized carbons (Fsp3) is 0.385. The van der Waals surface area contributed by atoms with Gasteiger partial charge in [0.2, 0.25) is 4.77 Å². The first-order valence-electron chi connectivity index (χ1n) is 6.41. The van der Waals surface area contributed by atoms with Crippen LogP contribution in [-0.4, -0.2) is 21.5 Å². The molecule has 0 amide bonds. The second kappa shape index (κ2) is 6.90. The van der Waals surface area contributed by atoms with Crippen LogP contribution in [0, 0.1) is 11.7 Å². The zero-order valence-corrected chi connectivity index (χ0v) is 13.8. The molecule has 1 aromatic carbocycles. The molecule has 1 aromatic heterocycles. The SMILES string of the molecule is CCCOc1ccc(Br)cc1CNn1c(C)n[nH]c1=S. The molecular weight excluding hydrogens is 340 g/mol. The number of benzene rings is 1. The molecule has 108 valence electrons. The van der Waals surface area contributed by atoms with Crippen LogP contribution in [0.3, 0.4) is 0 Å². The van der Waals surface area contributed by atoms with Crippen LogP contribution in [0.2, 0.25) is 0 Å². The maximum atomic E-state index is 5.75. The van der Waals surface area contributed by atoms with E-state index in [0.29, 0.717) is 17.9 Å². The lowest BCUT2D eigenvalue weighted by Crippen LogP contribution is -2.16. The number of hydrogen-bond donors (Lipinski definition) is 2. The van der Waals surface area contributed by atoms with Gasteiger partial charge in [0.25, 0.3) is 0 Å². The van der Waals surface area contributed by atoms with Crippen molar-refractivity contribution in [1.82, 2.24) is 14.9 Å². The Hall–Kier alpha value is -1.34. The van der Waals surface area contributed by atoms with Gasteiger partial charge >= 0.3 is 0 Å². The number of nitrogens with one attached hydrogen (secondary N) is 2. The molecule has 0 saturated carbocycles. The number of hydrogen-bond acceptors (Lipinski definition) is 4. The van der Waals surface area contributed by atoms with Gasteiger partial charge in [-0.1, -0.05) is 22.9 Å². The largest absolute Gasteiger partial charge is 0.493 e. The molecule has 0 fully saturated rings. The summed E-state index contributed by atoms with van der Waals surface area (Å²) in [4.78, 5) is 0. The molecule has 0 atom stereocenters. The molecule has 0 spiro atoms. The van der Waals surface area contributed by atoms with Gasteiger partial charge in [0.1, 0.15) is 11.6 Å². The van der Waals surface area contributed by atoms with Gasteiger partial charge < -0.3 is 10.2 Å². The summed E-state index contributed by atoms with van der Waals surface area (Å²) in [5, 5.41) is 6.81. The highest BCUT2D eigenvalue weighted by Gasteiger charge is 2.06. The third kappa shape index (κ3) is 3.61. The number of ether oxygens (including phenoxy) is 1. The molecule has 7 heteroatoms. The first-order valence-corrected chi connectivity index (χ1v) is 7.61. The average molecular weight is 357 g/mol. The number of H-pyrrole nitrogens is 1. The summed E-state index contributed by atoms with van der Waals surface area (Å²) in [7, 11) is 0. The van der Waals surface area contributed by atoms with E-state index in [0.717, 1.165) is 28.0 Å². The lowest BCUT2D eigenvalue weighted by atomic mass is 10.2. The van der Waals surface area contributed by atoms with Crippen LogP contribution in [0.25, 0.3) is 0 Å². The van der Waals surface area contributed by atoms with Gasteiger partial charge in [0.15, 0.2) is 0 Å². The van der Waals surface area contributed by atoms with Gasteiger partial charge in [0, 0.05) is 10.0 Å². The third-order valence-electron chi connectivity index (χ3n) is 2.75. The zero-order chi connectivity index (χ0) is 14.5. The van der Waals surface area contributed by atoms with Crippen molar-refractivity contribution in [2.75, 3.05) is 12.0 Å². The van der Waals surface area contributed by atoms with Crippen molar-refractivity contribution in [1.29, 1.82) is 0 Å². The van der Waals surface area contributed by atoms with E-state index in [1.165, 1.54) is 0 Å². The first-order chi connectivity index (χ1) is 9.61. The fourth-order valence-corrected chi connectivity index (χ4v) is 2.42. The van der Waals surface area contributed by atoms with Crippen molar-refractivity contribution >= 4 is 28.1 Å². The van der Waals surface area contributed by atoms with Gasteiger partial charge in [-0.15, -0.1) is 0 Å². The number of rotatable bonds is 6. The van der Waals surface area contributed by atoms with E-state index < -0.39 is 0 Å². The summed E-state index contributed by atoms with van der Waals surface area (Å²) in [6, 6.07) is 5.98. The van der Waals surface area contributed by atoms with Crippen LogP contribution < -0.4 is 10.2 Å². The monoisotopic (exact) mass is 356 g/mol. The van der Waals surface area contributed by atoms with Crippen molar-refractivity contribution in [2.45, 2.75) is 26.8 Å². The van der Waals surface area contributed by atoms with Crippen LogP contribution in [0.1, 0.15) is 24.7 Å². The molecule has 0 aliphatic carbocycles. The number of aromatic amines is 1. The molecular formula is C13H17BrN4OS. The molecule has 5 nitrogen and oxygen atoms in total. The summed E-state index contributed by atoms with van der Waals surface area (Å²) >= 11 is 8.64. The Morgan fingerprint density at radius 2 is 2.30 bits per heavy atom. The topological polar surface area (TPSA) is 54.9 Å². The molecule has 1 heterocycles. The van der Waals surface area contributed by atoms with E-state index in [-0.39, 0.29) is 0 Å². The van der Waals surface area contributed by atoms with E-state index in [2.05, 4.69) is 38.5 Å². The normalized spacial score (nSPS) is 10.6. The number of aromatic nitrogens is 3. The van der Waals surface area contributed by atoms with E-state index in [1.54, 1.807) is 4.68 Å². The Kier molecular flexibility index (Phi) is 5.19. The minimum absolute atomic E-state index is 0.550. The molecule has 0 aliphatic heterocycles. The first kappa shape index (κ1) is 15.1. The van der Waals surface area contributed by atoms with Crippen LogP contribution in [0.4, 0.5) is 0 Å². The third-order valence-corrected chi connectivity index (χ3v) is 3.52. The Morgan fingerprint density at radius 1 is 1.50 bits per heavy atom. The minimum Gasteiger partial charge on any atom is -0.493 e. The Labute approximate surface area is 131 Å². The molecule has 20 heavy (non-hydrogen) atoms. The van der Waals surface area contributed by atoms with Crippen molar-refractivity contribution in [3.05, 3.63) is 38.8 Å². The van der Waals surface area contributed by atoms with Gasteiger partial charge in [-0.3, -0.25) is 5.10 Å². The predicted octanol–water partition coefficient (Wildman–Crippen LogP) is 3.54. The Balaban J connectivity index is 2.15. The molecule has 2 aromatic rings. The fourth-order valence-electron chi connectivity index (χ4n) is 1.77. The average Bonchev–Trinajstić information content (AvgIpc) is 2.75. The van der Waals surface area contributed by atoms with Crippen LogP contribution in [0.15, 0.2) is 22.7 Å².